The number of amides is 3. The van der Waals surface area contributed by atoms with Gasteiger partial charge in [0.15, 0.2) is 6.61 Å². The smallest absolute Gasteiger partial charge is 0.333 e. The lowest BCUT2D eigenvalue weighted by molar-refractivity contribution is -0.123. The van der Waals surface area contributed by atoms with Crippen molar-refractivity contribution in [2.75, 3.05) is 6.61 Å². The van der Waals surface area contributed by atoms with Gasteiger partial charge in [-0.2, -0.15) is 0 Å². The highest BCUT2D eigenvalue weighted by atomic mass is 19.1. The van der Waals surface area contributed by atoms with Gasteiger partial charge in [-0.05, 0) is 54.8 Å². The Kier molecular flexibility index (Phi) is 6.33. The van der Waals surface area contributed by atoms with E-state index in [0.717, 1.165) is 16.7 Å². The summed E-state index contributed by atoms with van der Waals surface area (Å²) < 4.78 is 18.1. The molecule has 2 rings (SSSR count). The van der Waals surface area contributed by atoms with Gasteiger partial charge in [0, 0.05) is 6.54 Å². The van der Waals surface area contributed by atoms with Crippen molar-refractivity contribution in [2.24, 2.45) is 0 Å². The minimum absolute atomic E-state index is 0.209. The number of carbonyl (C=O) groups is 2. The Morgan fingerprint density at radius 2 is 1.72 bits per heavy atom. The van der Waals surface area contributed by atoms with Gasteiger partial charge in [0.1, 0.15) is 11.6 Å². The lowest BCUT2D eigenvalue weighted by Crippen LogP contribution is -2.48. The normalized spacial score (nSPS) is 10.0. The molecule has 0 bridgehead atoms. The number of rotatable bonds is 5. The summed E-state index contributed by atoms with van der Waals surface area (Å²) in [6.45, 7) is 3.93. The predicted octanol–water partition coefficient (Wildman–Crippen LogP) is 2.35. The molecule has 0 unspecified atom stereocenters. The zero-order chi connectivity index (χ0) is 18.2. The van der Waals surface area contributed by atoms with E-state index in [1.807, 2.05) is 26.0 Å². The molecular formula is C18H20FN3O3. The van der Waals surface area contributed by atoms with E-state index in [-0.39, 0.29) is 19.0 Å². The molecule has 2 aromatic rings. The van der Waals surface area contributed by atoms with E-state index in [1.54, 1.807) is 18.2 Å². The monoisotopic (exact) mass is 345 g/mol. The number of ether oxygens (including phenoxy) is 1. The van der Waals surface area contributed by atoms with Crippen molar-refractivity contribution < 1.29 is 18.7 Å². The fraction of sp³-hybridized carbons (Fsp3) is 0.222. The zero-order valence-electron chi connectivity index (χ0n) is 14.1. The van der Waals surface area contributed by atoms with Gasteiger partial charge in [-0.3, -0.25) is 10.2 Å². The number of hydrogen-bond acceptors (Lipinski definition) is 3. The minimum Gasteiger partial charge on any atom is -0.484 e. The highest BCUT2D eigenvalue weighted by Gasteiger charge is 2.06. The standard InChI is InChI=1S/C18H20FN3O3/c1-12-3-8-16(9-13(12)2)25-11-17(23)21-22-18(24)20-10-14-4-6-15(19)7-5-14/h3-9H,10-11H2,1-2H3,(H,21,23)(H2,20,22,24). The number of aryl methyl sites for hydroxylation is 2. The van der Waals surface area contributed by atoms with Gasteiger partial charge in [-0.25, -0.2) is 14.6 Å². The van der Waals surface area contributed by atoms with Crippen LogP contribution in [-0.4, -0.2) is 18.5 Å². The van der Waals surface area contributed by atoms with Crippen molar-refractivity contribution in [3.63, 3.8) is 0 Å². The van der Waals surface area contributed by atoms with Crippen LogP contribution < -0.4 is 20.9 Å². The molecule has 132 valence electrons. The quantitative estimate of drug-likeness (QED) is 0.728. The predicted molar refractivity (Wildman–Crippen MR) is 91.3 cm³/mol. The van der Waals surface area contributed by atoms with Crippen LogP contribution in [-0.2, 0) is 11.3 Å². The summed E-state index contributed by atoms with van der Waals surface area (Å²) in [5.41, 5.74) is 7.39. The SMILES string of the molecule is Cc1ccc(OCC(=O)NNC(=O)NCc2ccc(F)cc2)cc1C. The summed E-state index contributed by atoms with van der Waals surface area (Å²) in [6, 6.07) is 10.7. The molecule has 0 aliphatic heterocycles. The van der Waals surface area contributed by atoms with Gasteiger partial charge in [0.05, 0.1) is 0 Å². The molecule has 0 aliphatic rings. The molecule has 0 aromatic heterocycles. The number of hydrazine groups is 1. The lowest BCUT2D eigenvalue weighted by atomic mass is 10.1. The van der Waals surface area contributed by atoms with E-state index >= 15 is 0 Å². The largest absolute Gasteiger partial charge is 0.484 e. The average molecular weight is 345 g/mol. The second kappa shape index (κ2) is 8.68. The maximum atomic E-state index is 12.8. The lowest BCUT2D eigenvalue weighted by Gasteiger charge is -2.10. The first-order valence-corrected chi connectivity index (χ1v) is 7.71. The molecule has 0 fully saturated rings. The van der Waals surface area contributed by atoms with Crippen LogP contribution in [0.5, 0.6) is 5.75 Å². The molecule has 0 heterocycles. The van der Waals surface area contributed by atoms with Crippen molar-refractivity contribution in [2.45, 2.75) is 20.4 Å². The number of carbonyl (C=O) groups excluding carboxylic acids is 2. The molecule has 6 nitrogen and oxygen atoms in total. The topological polar surface area (TPSA) is 79.5 Å². The number of urea groups is 1. The van der Waals surface area contributed by atoms with Crippen LogP contribution in [0.2, 0.25) is 0 Å². The molecule has 3 N–H and O–H groups in total. The van der Waals surface area contributed by atoms with Crippen molar-refractivity contribution in [3.8, 4) is 5.75 Å². The number of nitrogens with one attached hydrogen (secondary N) is 3. The van der Waals surface area contributed by atoms with Gasteiger partial charge in [0.25, 0.3) is 5.91 Å². The van der Waals surface area contributed by atoms with Gasteiger partial charge in [-0.15, -0.1) is 0 Å². The van der Waals surface area contributed by atoms with Crippen LogP contribution in [0.25, 0.3) is 0 Å². The second-order valence-electron chi connectivity index (χ2n) is 5.52. The molecule has 0 aliphatic carbocycles. The van der Waals surface area contributed by atoms with Crippen LogP contribution in [0, 0.1) is 19.7 Å². The van der Waals surface area contributed by atoms with Crippen LogP contribution in [0.15, 0.2) is 42.5 Å². The van der Waals surface area contributed by atoms with E-state index in [4.69, 9.17) is 4.74 Å². The van der Waals surface area contributed by atoms with Crippen molar-refractivity contribution in [3.05, 3.63) is 65.0 Å². The Balaban J connectivity index is 1.67. The Bertz CT molecular complexity index is 748. The zero-order valence-corrected chi connectivity index (χ0v) is 14.1. The molecule has 0 saturated heterocycles. The van der Waals surface area contributed by atoms with Gasteiger partial charge in [-0.1, -0.05) is 18.2 Å². The summed E-state index contributed by atoms with van der Waals surface area (Å²) >= 11 is 0. The third-order valence-electron chi connectivity index (χ3n) is 3.53. The van der Waals surface area contributed by atoms with Crippen LogP contribution in [0.4, 0.5) is 9.18 Å². The van der Waals surface area contributed by atoms with E-state index in [9.17, 15) is 14.0 Å². The first-order valence-electron chi connectivity index (χ1n) is 7.71. The van der Waals surface area contributed by atoms with E-state index < -0.39 is 11.9 Å². The van der Waals surface area contributed by atoms with E-state index in [0.29, 0.717) is 5.75 Å². The molecule has 7 heteroatoms. The molecule has 2 aromatic carbocycles. The Hall–Kier alpha value is -3.09. The minimum atomic E-state index is -0.580. The molecule has 0 spiro atoms. The first-order chi connectivity index (χ1) is 11.9. The van der Waals surface area contributed by atoms with Crippen molar-refractivity contribution in [1.29, 1.82) is 0 Å². The van der Waals surface area contributed by atoms with Gasteiger partial charge >= 0.3 is 6.03 Å². The van der Waals surface area contributed by atoms with Gasteiger partial charge in [0.2, 0.25) is 0 Å². The molecule has 3 amide bonds. The molecule has 0 radical (unpaired) electrons. The maximum absolute atomic E-state index is 12.8. The van der Waals surface area contributed by atoms with Crippen LogP contribution in [0.3, 0.4) is 0 Å². The molecular weight excluding hydrogens is 325 g/mol. The molecule has 0 saturated carbocycles. The summed E-state index contributed by atoms with van der Waals surface area (Å²) in [5, 5.41) is 2.53. The molecule has 0 atom stereocenters. The number of benzene rings is 2. The second-order valence-corrected chi connectivity index (χ2v) is 5.52. The maximum Gasteiger partial charge on any atom is 0.333 e. The van der Waals surface area contributed by atoms with Gasteiger partial charge < -0.3 is 10.1 Å². The third kappa shape index (κ3) is 6.14. The summed E-state index contributed by atoms with van der Waals surface area (Å²) in [4.78, 5) is 23.3. The third-order valence-corrected chi connectivity index (χ3v) is 3.53. The highest BCUT2D eigenvalue weighted by molar-refractivity contribution is 5.81. The highest BCUT2D eigenvalue weighted by Crippen LogP contribution is 2.16. The fourth-order valence-electron chi connectivity index (χ4n) is 1.94. The van der Waals surface area contributed by atoms with Crippen molar-refractivity contribution >= 4 is 11.9 Å². The van der Waals surface area contributed by atoms with Crippen molar-refractivity contribution in [1.82, 2.24) is 16.2 Å². The first kappa shape index (κ1) is 18.3. The van der Waals surface area contributed by atoms with E-state index in [1.165, 1.54) is 12.1 Å². The number of hydrogen-bond donors (Lipinski definition) is 3. The Morgan fingerprint density at radius 1 is 1.00 bits per heavy atom. The summed E-state index contributed by atoms with van der Waals surface area (Å²) in [6.07, 6.45) is 0. The van der Waals surface area contributed by atoms with Crippen LogP contribution >= 0.6 is 0 Å². The average Bonchev–Trinajstić information content (AvgIpc) is 2.60. The summed E-state index contributed by atoms with van der Waals surface area (Å²) in [5.74, 6) is -0.251. The Labute approximate surface area is 145 Å². The fourth-order valence-corrected chi connectivity index (χ4v) is 1.94. The molecule has 25 heavy (non-hydrogen) atoms. The van der Waals surface area contributed by atoms with E-state index in [2.05, 4.69) is 16.2 Å². The number of halogens is 1. The summed E-state index contributed by atoms with van der Waals surface area (Å²) in [7, 11) is 0. The Morgan fingerprint density at radius 3 is 2.40 bits per heavy atom. The van der Waals surface area contributed by atoms with Crippen LogP contribution in [0.1, 0.15) is 16.7 Å².